The molecule has 0 aliphatic carbocycles. The van der Waals surface area contributed by atoms with Gasteiger partial charge in [0, 0.05) is 46.5 Å². The molecule has 134 valence electrons. The predicted molar refractivity (Wildman–Crippen MR) is 104 cm³/mol. The molecule has 1 aromatic rings. The van der Waals surface area contributed by atoms with Crippen LogP contribution in [-0.4, -0.2) is 64.7 Å². The van der Waals surface area contributed by atoms with Crippen molar-refractivity contribution in [3.8, 4) is 0 Å². The van der Waals surface area contributed by atoms with Crippen LogP contribution < -0.4 is 15.5 Å². The zero-order valence-electron chi connectivity index (χ0n) is 15.5. The van der Waals surface area contributed by atoms with Gasteiger partial charge in [0.2, 0.25) is 0 Å². The molecule has 0 radical (unpaired) electrons. The van der Waals surface area contributed by atoms with Crippen LogP contribution in [0.4, 0.5) is 5.69 Å². The fourth-order valence-electron chi connectivity index (χ4n) is 3.02. The highest BCUT2D eigenvalue weighted by Gasteiger charge is 2.09. The van der Waals surface area contributed by atoms with Crippen LogP contribution in [0.15, 0.2) is 29.3 Å². The SMILES string of the molecule is CN=C(NCCc1ccc(N(C)C)cc1)NCCN1CCCCC1. The van der Waals surface area contributed by atoms with Crippen molar-refractivity contribution < 1.29 is 0 Å². The average molecular weight is 332 g/mol. The second-order valence-electron chi connectivity index (χ2n) is 6.64. The minimum atomic E-state index is 0.894. The maximum absolute atomic E-state index is 4.31. The Morgan fingerprint density at radius 3 is 2.33 bits per heavy atom. The second kappa shape index (κ2) is 10.2. The topological polar surface area (TPSA) is 42.9 Å². The Morgan fingerprint density at radius 1 is 1.04 bits per heavy atom. The summed E-state index contributed by atoms with van der Waals surface area (Å²) >= 11 is 0. The molecule has 1 heterocycles. The highest BCUT2D eigenvalue weighted by molar-refractivity contribution is 5.79. The maximum atomic E-state index is 4.31. The number of nitrogens with one attached hydrogen (secondary N) is 2. The number of anilines is 1. The molecule has 5 nitrogen and oxygen atoms in total. The van der Waals surface area contributed by atoms with E-state index in [1.807, 2.05) is 7.05 Å². The van der Waals surface area contributed by atoms with Crippen molar-refractivity contribution in [2.24, 2.45) is 4.99 Å². The Labute approximate surface area is 147 Å². The molecule has 0 atom stereocenters. The van der Waals surface area contributed by atoms with Crippen molar-refractivity contribution in [2.75, 3.05) is 58.8 Å². The van der Waals surface area contributed by atoms with E-state index in [1.54, 1.807) is 0 Å². The first kappa shape index (κ1) is 18.6. The van der Waals surface area contributed by atoms with Gasteiger partial charge in [0.05, 0.1) is 0 Å². The molecule has 1 saturated heterocycles. The molecule has 0 amide bonds. The van der Waals surface area contributed by atoms with Gasteiger partial charge in [0.25, 0.3) is 0 Å². The van der Waals surface area contributed by atoms with Gasteiger partial charge in [-0.15, -0.1) is 0 Å². The number of guanidine groups is 1. The maximum Gasteiger partial charge on any atom is 0.191 e. The molecule has 0 spiro atoms. The zero-order chi connectivity index (χ0) is 17.2. The predicted octanol–water partition coefficient (Wildman–Crippen LogP) is 1.95. The highest BCUT2D eigenvalue weighted by Crippen LogP contribution is 2.12. The number of nitrogens with zero attached hydrogens (tertiary/aromatic N) is 3. The van der Waals surface area contributed by atoms with E-state index in [2.05, 4.69) is 63.8 Å². The fourth-order valence-corrected chi connectivity index (χ4v) is 3.02. The van der Waals surface area contributed by atoms with Gasteiger partial charge >= 0.3 is 0 Å². The van der Waals surface area contributed by atoms with E-state index >= 15 is 0 Å². The van der Waals surface area contributed by atoms with E-state index in [0.717, 1.165) is 32.0 Å². The lowest BCUT2D eigenvalue weighted by Gasteiger charge is -2.26. The Hall–Kier alpha value is -1.75. The zero-order valence-corrected chi connectivity index (χ0v) is 15.5. The first-order chi connectivity index (χ1) is 11.7. The number of rotatable bonds is 7. The van der Waals surface area contributed by atoms with Crippen LogP contribution in [-0.2, 0) is 6.42 Å². The van der Waals surface area contributed by atoms with E-state index in [4.69, 9.17) is 0 Å². The van der Waals surface area contributed by atoms with Crippen molar-refractivity contribution in [3.63, 3.8) is 0 Å². The van der Waals surface area contributed by atoms with Gasteiger partial charge < -0.3 is 20.4 Å². The smallest absolute Gasteiger partial charge is 0.191 e. The normalized spacial score (nSPS) is 16.0. The number of likely N-dealkylation sites (tertiary alicyclic amines) is 1. The van der Waals surface area contributed by atoms with E-state index in [1.165, 1.54) is 43.6 Å². The van der Waals surface area contributed by atoms with E-state index in [9.17, 15) is 0 Å². The Balaban J connectivity index is 1.64. The molecule has 0 aromatic heterocycles. The summed E-state index contributed by atoms with van der Waals surface area (Å²) in [7, 11) is 5.97. The van der Waals surface area contributed by atoms with Crippen LogP contribution in [0, 0.1) is 0 Å². The van der Waals surface area contributed by atoms with Crippen molar-refractivity contribution >= 4 is 11.6 Å². The molecule has 0 unspecified atom stereocenters. The summed E-state index contributed by atoms with van der Waals surface area (Å²) in [5, 5.41) is 6.82. The summed E-state index contributed by atoms with van der Waals surface area (Å²) in [4.78, 5) is 8.97. The first-order valence-corrected chi connectivity index (χ1v) is 9.12. The van der Waals surface area contributed by atoms with Gasteiger partial charge in [-0.25, -0.2) is 0 Å². The van der Waals surface area contributed by atoms with Gasteiger partial charge in [0.1, 0.15) is 0 Å². The molecule has 0 saturated carbocycles. The first-order valence-electron chi connectivity index (χ1n) is 9.12. The van der Waals surface area contributed by atoms with Gasteiger partial charge in [-0.2, -0.15) is 0 Å². The number of hydrogen-bond acceptors (Lipinski definition) is 3. The van der Waals surface area contributed by atoms with Crippen LogP contribution in [0.25, 0.3) is 0 Å². The molecule has 5 heteroatoms. The van der Waals surface area contributed by atoms with E-state index in [0.29, 0.717) is 0 Å². The minimum Gasteiger partial charge on any atom is -0.378 e. The molecule has 0 bridgehead atoms. The molecule has 1 aliphatic rings. The number of benzene rings is 1. The minimum absolute atomic E-state index is 0.894. The standard InChI is InChI=1S/C19H33N5/c1-20-19(22-13-16-24-14-5-4-6-15-24)21-12-11-17-7-9-18(10-8-17)23(2)3/h7-10H,4-6,11-16H2,1-3H3,(H2,20,21,22). The van der Waals surface area contributed by atoms with Crippen molar-refractivity contribution in [1.82, 2.24) is 15.5 Å². The Morgan fingerprint density at radius 2 is 1.71 bits per heavy atom. The third-order valence-corrected chi connectivity index (χ3v) is 4.55. The van der Waals surface area contributed by atoms with Crippen LogP contribution in [0.2, 0.25) is 0 Å². The van der Waals surface area contributed by atoms with Crippen LogP contribution in [0.3, 0.4) is 0 Å². The highest BCUT2D eigenvalue weighted by atomic mass is 15.2. The van der Waals surface area contributed by atoms with Crippen LogP contribution >= 0.6 is 0 Å². The summed E-state index contributed by atoms with van der Waals surface area (Å²) in [6.07, 6.45) is 5.09. The summed E-state index contributed by atoms with van der Waals surface area (Å²) in [5.74, 6) is 0.900. The molecule has 1 fully saturated rings. The van der Waals surface area contributed by atoms with Crippen LogP contribution in [0.1, 0.15) is 24.8 Å². The average Bonchev–Trinajstić information content (AvgIpc) is 2.61. The fraction of sp³-hybridized carbons (Fsp3) is 0.632. The quantitative estimate of drug-likeness (QED) is 0.592. The lowest BCUT2D eigenvalue weighted by molar-refractivity contribution is 0.232. The second-order valence-corrected chi connectivity index (χ2v) is 6.64. The number of piperidine rings is 1. The van der Waals surface area contributed by atoms with Crippen molar-refractivity contribution in [3.05, 3.63) is 29.8 Å². The molecular weight excluding hydrogens is 298 g/mol. The Bertz CT molecular complexity index is 489. The third kappa shape index (κ3) is 6.40. The van der Waals surface area contributed by atoms with E-state index in [-0.39, 0.29) is 0 Å². The van der Waals surface area contributed by atoms with Gasteiger partial charge in [-0.05, 0) is 50.0 Å². The molecule has 2 rings (SSSR count). The lowest BCUT2D eigenvalue weighted by atomic mass is 10.1. The van der Waals surface area contributed by atoms with Gasteiger partial charge in [-0.3, -0.25) is 4.99 Å². The third-order valence-electron chi connectivity index (χ3n) is 4.55. The Kier molecular flexibility index (Phi) is 7.89. The molecule has 1 aliphatic heterocycles. The summed E-state index contributed by atoms with van der Waals surface area (Å²) in [5.41, 5.74) is 2.58. The van der Waals surface area contributed by atoms with Crippen LogP contribution in [0.5, 0.6) is 0 Å². The molecule has 1 aromatic carbocycles. The largest absolute Gasteiger partial charge is 0.378 e. The van der Waals surface area contributed by atoms with Crippen molar-refractivity contribution in [2.45, 2.75) is 25.7 Å². The number of hydrogen-bond donors (Lipinski definition) is 2. The summed E-state index contributed by atoms with van der Waals surface area (Å²) in [6, 6.07) is 8.73. The van der Waals surface area contributed by atoms with Crippen molar-refractivity contribution in [1.29, 1.82) is 0 Å². The molecular formula is C19H33N5. The molecule has 2 N–H and O–H groups in total. The summed E-state index contributed by atoms with van der Waals surface area (Å²) < 4.78 is 0. The monoisotopic (exact) mass is 331 g/mol. The number of aliphatic imine (C=N–C) groups is 1. The van der Waals surface area contributed by atoms with Gasteiger partial charge in [0.15, 0.2) is 5.96 Å². The van der Waals surface area contributed by atoms with Gasteiger partial charge in [-0.1, -0.05) is 18.6 Å². The van der Waals surface area contributed by atoms with E-state index < -0.39 is 0 Å². The molecule has 24 heavy (non-hydrogen) atoms. The lowest BCUT2D eigenvalue weighted by Crippen LogP contribution is -2.43. The summed E-state index contributed by atoms with van der Waals surface area (Å²) in [6.45, 7) is 5.45.